The summed E-state index contributed by atoms with van der Waals surface area (Å²) in [4.78, 5) is 26.9. The third kappa shape index (κ3) is 3.56. The van der Waals surface area contributed by atoms with Crippen LogP contribution < -0.4 is 10.5 Å². The Kier molecular flexibility index (Phi) is 5.37. The summed E-state index contributed by atoms with van der Waals surface area (Å²) >= 11 is 0. The largest absolute Gasteiger partial charge is 0.493 e. The minimum absolute atomic E-state index is 0.0677. The van der Waals surface area contributed by atoms with Gasteiger partial charge in [0.25, 0.3) is 5.56 Å². The highest BCUT2D eigenvalue weighted by molar-refractivity contribution is 5.93. The highest BCUT2D eigenvalue weighted by Gasteiger charge is 2.21. The molecule has 0 fully saturated rings. The second-order valence-corrected chi connectivity index (χ2v) is 6.49. The minimum atomic E-state index is -0.659. The van der Waals surface area contributed by atoms with Crippen LogP contribution in [0, 0.1) is 11.3 Å². The standard InChI is InChI=1S/C22H19N3O4/c1-24(2)15-10-8-14(9-11-15)17-12-20(26)25(21(27)18(17)13-23)19-7-5-4-6-16(19)22(28)29-3/h4-12,27H,1-3H3. The highest BCUT2D eigenvalue weighted by atomic mass is 16.5. The monoisotopic (exact) mass is 389 g/mol. The number of nitrogens with zero attached hydrogens (tertiary/aromatic N) is 3. The molecule has 0 aliphatic heterocycles. The number of hydrogen-bond donors (Lipinski definition) is 1. The lowest BCUT2D eigenvalue weighted by Crippen LogP contribution is -2.21. The molecule has 1 aromatic heterocycles. The van der Waals surface area contributed by atoms with Crippen LogP contribution in [-0.4, -0.2) is 36.8 Å². The number of carbonyl (C=O) groups is 1. The number of aromatic nitrogens is 1. The molecule has 0 unspecified atom stereocenters. The van der Waals surface area contributed by atoms with E-state index in [2.05, 4.69) is 0 Å². The first-order chi connectivity index (χ1) is 13.9. The van der Waals surface area contributed by atoms with Crippen molar-refractivity contribution in [2.24, 2.45) is 0 Å². The van der Waals surface area contributed by atoms with Gasteiger partial charge in [-0.1, -0.05) is 24.3 Å². The Balaban J connectivity index is 2.24. The van der Waals surface area contributed by atoms with E-state index in [9.17, 15) is 20.0 Å². The summed E-state index contributed by atoms with van der Waals surface area (Å²) in [5.41, 5.74) is 1.47. The molecule has 146 valence electrons. The van der Waals surface area contributed by atoms with E-state index in [1.54, 1.807) is 24.3 Å². The van der Waals surface area contributed by atoms with E-state index in [4.69, 9.17) is 4.74 Å². The summed E-state index contributed by atoms with van der Waals surface area (Å²) in [5, 5.41) is 20.4. The van der Waals surface area contributed by atoms with Crippen molar-refractivity contribution in [3.63, 3.8) is 0 Å². The second kappa shape index (κ2) is 7.90. The maximum absolute atomic E-state index is 12.9. The Morgan fingerprint density at radius 2 is 1.79 bits per heavy atom. The van der Waals surface area contributed by atoms with E-state index in [0.717, 1.165) is 10.3 Å². The van der Waals surface area contributed by atoms with E-state index in [1.807, 2.05) is 37.2 Å². The van der Waals surface area contributed by atoms with Crippen molar-refractivity contribution < 1.29 is 14.6 Å². The molecule has 1 heterocycles. The Bertz CT molecular complexity index is 1170. The van der Waals surface area contributed by atoms with Crippen molar-refractivity contribution in [2.75, 3.05) is 26.1 Å². The van der Waals surface area contributed by atoms with Gasteiger partial charge in [-0.2, -0.15) is 5.26 Å². The summed E-state index contributed by atoms with van der Waals surface area (Å²) < 4.78 is 5.69. The lowest BCUT2D eigenvalue weighted by atomic mass is 10.0. The molecule has 3 rings (SSSR count). The first kappa shape index (κ1) is 19.7. The van der Waals surface area contributed by atoms with Crippen LogP contribution in [0.3, 0.4) is 0 Å². The molecule has 29 heavy (non-hydrogen) atoms. The van der Waals surface area contributed by atoms with E-state index in [1.165, 1.54) is 25.3 Å². The molecule has 0 aliphatic rings. The average Bonchev–Trinajstić information content (AvgIpc) is 2.73. The van der Waals surface area contributed by atoms with Gasteiger partial charge in [-0.25, -0.2) is 9.36 Å². The van der Waals surface area contributed by atoms with Crippen LogP contribution in [0.5, 0.6) is 5.88 Å². The molecule has 7 nitrogen and oxygen atoms in total. The number of para-hydroxylation sites is 1. The molecule has 2 aromatic carbocycles. The van der Waals surface area contributed by atoms with E-state index in [-0.39, 0.29) is 16.8 Å². The third-order valence-corrected chi connectivity index (χ3v) is 4.55. The first-order valence-corrected chi connectivity index (χ1v) is 8.73. The lowest BCUT2D eigenvalue weighted by molar-refractivity contribution is 0.0600. The SMILES string of the molecule is COC(=O)c1ccccc1-n1c(O)c(C#N)c(-c2ccc(N(C)C)cc2)cc1=O. The molecule has 0 atom stereocenters. The minimum Gasteiger partial charge on any atom is -0.493 e. The van der Waals surface area contributed by atoms with Gasteiger partial charge in [-0.05, 0) is 29.8 Å². The van der Waals surface area contributed by atoms with Gasteiger partial charge < -0.3 is 14.7 Å². The first-order valence-electron chi connectivity index (χ1n) is 8.73. The van der Waals surface area contributed by atoms with Crippen LogP contribution in [0.25, 0.3) is 16.8 Å². The zero-order valence-electron chi connectivity index (χ0n) is 16.2. The Hall–Kier alpha value is -4.05. The maximum Gasteiger partial charge on any atom is 0.339 e. The van der Waals surface area contributed by atoms with Gasteiger partial charge in [0.1, 0.15) is 11.6 Å². The number of esters is 1. The molecule has 0 radical (unpaired) electrons. The Morgan fingerprint density at radius 3 is 2.38 bits per heavy atom. The maximum atomic E-state index is 12.9. The number of ether oxygens (including phenoxy) is 1. The van der Waals surface area contributed by atoms with Crippen molar-refractivity contribution in [1.29, 1.82) is 5.26 Å². The Morgan fingerprint density at radius 1 is 1.14 bits per heavy atom. The van der Waals surface area contributed by atoms with Crippen molar-refractivity contribution in [1.82, 2.24) is 4.57 Å². The van der Waals surface area contributed by atoms with Gasteiger partial charge in [-0.15, -0.1) is 0 Å². The fourth-order valence-electron chi connectivity index (χ4n) is 3.06. The van der Waals surface area contributed by atoms with Gasteiger partial charge in [0, 0.05) is 31.4 Å². The second-order valence-electron chi connectivity index (χ2n) is 6.49. The van der Waals surface area contributed by atoms with Crippen LogP contribution in [0.4, 0.5) is 5.69 Å². The zero-order chi connectivity index (χ0) is 21.1. The molecule has 3 aromatic rings. The van der Waals surface area contributed by atoms with Gasteiger partial charge in [-0.3, -0.25) is 4.79 Å². The summed E-state index contributed by atoms with van der Waals surface area (Å²) in [6.07, 6.45) is 0. The fraction of sp³-hybridized carbons (Fsp3) is 0.136. The molecule has 7 heteroatoms. The van der Waals surface area contributed by atoms with E-state index < -0.39 is 17.4 Å². The molecule has 0 saturated heterocycles. The van der Waals surface area contributed by atoms with E-state index >= 15 is 0 Å². The van der Waals surface area contributed by atoms with Crippen molar-refractivity contribution in [3.8, 4) is 28.8 Å². The van der Waals surface area contributed by atoms with Crippen molar-refractivity contribution >= 4 is 11.7 Å². The lowest BCUT2D eigenvalue weighted by Gasteiger charge is -2.16. The van der Waals surface area contributed by atoms with E-state index in [0.29, 0.717) is 11.1 Å². The number of carbonyl (C=O) groups excluding carboxylic acids is 1. The van der Waals surface area contributed by atoms with Crippen LogP contribution in [0.2, 0.25) is 0 Å². The molecular formula is C22H19N3O4. The summed E-state index contributed by atoms with van der Waals surface area (Å²) in [6.45, 7) is 0. The third-order valence-electron chi connectivity index (χ3n) is 4.55. The molecule has 0 aliphatic carbocycles. The molecule has 1 N–H and O–H groups in total. The van der Waals surface area contributed by atoms with Gasteiger partial charge in [0.2, 0.25) is 5.88 Å². The quantitative estimate of drug-likeness (QED) is 0.690. The van der Waals surface area contributed by atoms with Gasteiger partial charge >= 0.3 is 5.97 Å². The number of anilines is 1. The van der Waals surface area contributed by atoms with Crippen molar-refractivity contribution in [2.45, 2.75) is 0 Å². The number of nitriles is 1. The summed E-state index contributed by atoms with van der Waals surface area (Å²) in [6, 6.07) is 16.7. The smallest absolute Gasteiger partial charge is 0.339 e. The molecule has 0 amide bonds. The highest BCUT2D eigenvalue weighted by Crippen LogP contribution is 2.31. The van der Waals surface area contributed by atoms with Gasteiger partial charge in [0.15, 0.2) is 0 Å². The van der Waals surface area contributed by atoms with Crippen LogP contribution in [0.1, 0.15) is 15.9 Å². The summed E-state index contributed by atoms with van der Waals surface area (Å²) in [7, 11) is 5.03. The van der Waals surface area contributed by atoms with Crippen LogP contribution in [-0.2, 0) is 4.74 Å². The predicted molar refractivity (Wildman–Crippen MR) is 110 cm³/mol. The van der Waals surface area contributed by atoms with Crippen molar-refractivity contribution in [3.05, 3.63) is 76.1 Å². The van der Waals surface area contributed by atoms with Crippen LogP contribution >= 0.6 is 0 Å². The molecule has 0 spiro atoms. The van der Waals surface area contributed by atoms with Gasteiger partial charge in [0.05, 0.1) is 18.4 Å². The number of aromatic hydroxyl groups is 1. The number of methoxy groups -OCH3 is 1. The number of rotatable bonds is 4. The predicted octanol–water partition coefficient (Wildman–Crippen LogP) is 2.93. The zero-order valence-corrected chi connectivity index (χ0v) is 16.2. The number of benzene rings is 2. The summed E-state index contributed by atoms with van der Waals surface area (Å²) in [5.74, 6) is -1.20. The molecular weight excluding hydrogens is 370 g/mol. The molecule has 0 bridgehead atoms. The van der Waals surface area contributed by atoms with Crippen LogP contribution in [0.15, 0.2) is 59.4 Å². The topological polar surface area (TPSA) is 95.6 Å². The fourth-order valence-corrected chi connectivity index (χ4v) is 3.06. The normalized spacial score (nSPS) is 10.3. The molecule has 0 saturated carbocycles. The number of pyridine rings is 1. The number of hydrogen-bond acceptors (Lipinski definition) is 6. The average molecular weight is 389 g/mol. The Labute approximate surface area is 167 Å².